The number of benzene rings is 1. The Morgan fingerprint density at radius 3 is 2.58 bits per heavy atom. The van der Waals surface area contributed by atoms with Gasteiger partial charge in [-0.15, -0.1) is 12.4 Å². The summed E-state index contributed by atoms with van der Waals surface area (Å²) in [4.78, 5) is 11.9. The SMILES string of the molecule is CSCc1ccc(C(=O)NCC(N)C2CC2)cc1.Cl. The molecular formula is C14H21ClN2OS. The number of thioether (sulfide) groups is 1. The van der Waals surface area contributed by atoms with Gasteiger partial charge in [-0.2, -0.15) is 11.8 Å². The van der Waals surface area contributed by atoms with Crippen LogP contribution in [0.15, 0.2) is 24.3 Å². The predicted molar refractivity (Wildman–Crippen MR) is 83.9 cm³/mol. The van der Waals surface area contributed by atoms with Crippen LogP contribution in [0.3, 0.4) is 0 Å². The molecule has 0 radical (unpaired) electrons. The molecule has 1 aliphatic rings. The van der Waals surface area contributed by atoms with Gasteiger partial charge < -0.3 is 11.1 Å². The number of carbonyl (C=O) groups excluding carboxylic acids is 1. The second-order valence-electron chi connectivity index (χ2n) is 4.84. The van der Waals surface area contributed by atoms with E-state index in [0.29, 0.717) is 18.0 Å². The number of nitrogens with two attached hydrogens (primary N) is 1. The van der Waals surface area contributed by atoms with Crippen molar-refractivity contribution in [2.75, 3.05) is 12.8 Å². The highest BCUT2D eigenvalue weighted by molar-refractivity contribution is 7.97. The summed E-state index contributed by atoms with van der Waals surface area (Å²) >= 11 is 1.78. The van der Waals surface area contributed by atoms with E-state index in [0.717, 1.165) is 5.75 Å². The maximum atomic E-state index is 11.9. The molecule has 1 fully saturated rings. The summed E-state index contributed by atoms with van der Waals surface area (Å²) in [7, 11) is 0. The van der Waals surface area contributed by atoms with E-state index in [9.17, 15) is 4.79 Å². The molecule has 5 heteroatoms. The summed E-state index contributed by atoms with van der Waals surface area (Å²) in [5, 5.41) is 2.90. The van der Waals surface area contributed by atoms with Crippen LogP contribution in [0.2, 0.25) is 0 Å². The van der Waals surface area contributed by atoms with Crippen molar-refractivity contribution in [3.63, 3.8) is 0 Å². The number of hydrogen-bond donors (Lipinski definition) is 2. The van der Waals surface area contributed by atoms with Gasteiger partial charge in [-0.25, -0.2) is 0 Å². The molecule has 1 saturated carbocycles. The average Bonchev–Trinajstić information content (AvgIpc) is 3.21. The highest BCUT2D eigenvalue weighted by Gasteiger charge is 2.28. The summed E-state index contributed by atoms with van der Waals surface area (Å²) in [6.07, 6.45) is 4.49. The van der Waals surface area contributed by atoms with E-state index in [1.807, 2.05) is 24.3 Å². The Hall–Kier alpha value is -0.710. The molecule has 106 valence electrons. The Kier molecular flexibility index (Phi) is 6.69. The highest BCUT2D eigenvalue weighted by Crippen LogP contribution is 2.31. The molecule has 0 aromatic heterocycles. The summed E-state index contributed by atoms with van der Waals surface area (Å²) in [5.74, 6) is 1.57. The fourth-order valence-corrected chi connectivity index (χ4v) is 2.45. The van der Waals surface area contributed by atoms with Gasteiger partial charge in [-0.3, -0.25) is 4.79 Å². The van der Waals surface area contributed by atoms with E-state index in [-0.39, 0.29) is 24.4 Å². The van der Waals surface area contributed by atoms with Crippen molar-refractivity contribution in [3.8, 4) is 0 Å². The largest absolute Gasteiger partial charge is 0.350 e. The van der Waals surface area contributed by atoms with E-state index >= 15 is 0 Å². The third-order valence-electron chi connectivity index (χ3n) is 3.25. The topological polar surface area (TPSA) is 55.1 Å². The monoisotopic (exact) mass is 300 g/mol. The molecule has 0 spiro atoms. The summed E-state index contributed by atoms with van der Waals surface area (Å²) < 4.78 is 0. The lowest BCUT2D eigenvalue weighted by Crippen LogP contribution is -2.38. The minimum absolute atomic E-state index is 0. The normalized spacial score (nSPS) is 15.5. The number of carbonyl (C=O) groups is 1. The minimum Gasteiger partial charge on any atom is -0.350 e. The van der Waals surface area contributed by atoms with Crippen molar-refractivity contribution in [1.29, 1.82) is 0 Å². The Morgan fingerprint density at radius 1 is 1.42 bits per heavy atom. The molecular weight excluding hydrogens is 280 g/mol. The molecule has 1 aliphatic carbocycles. The van der Waals surface area contributed by atoms with Gasteiger partial charge in [0, 0.05) is 23.9 Å². The zero-order chi connectivity index (χ0) is 13.0. The van der Waals surface area contributed by atoms with E-state index in [1.165, 1.54) is 18.4 Å². The third kappa shape index (κ3) is 5.05. The van der Waals surface area contributed by atoms with Gasteiger partial charge in [0.25, 0.3) is 5.91 Å². The summed E-state index contributed by atoms with van der Waals surface area (Å²) in [5.41, 5.74) is 7.91. The number of halogens is 1. The molecule has 1 aromatic carbocycles. The molecule has 1 unspecified atom stereocenters. The van der Waals surface area contributed by atoms with Crippen LogP contribution in [0.25, 0.3) is 0 Å². The van der Waals surface area contributed by atoms with Gasteiger partial charge in [-0.1, -0.05) is 12.1 Å². The van der Waals surface area contributed by atoms with Crippen LogP contribution in [0, 0.1) is 5.92 Å². The number of nitrogens with one attached hydrogen (secondary N) is 1. The van der Waals surface area contributed by atoms with Gasteiger partial charge in [-0.05, 0) is 42.7 Å². The molecule has 3 nitrogen and oxygen atoms in total. The summed E-state index contributed by atoms with van der Waals surface area (Å²) in [6.45, 7) is 0.579. The molecule has 1 atom stereocenters. The smallest absolute Gasteiger partial charge is 0.251 e. The Bertz CT molecular complexity index is 406. The van der Waals surface area contributed by atoms with Crippen LogP contribution in [-0.4, -0.2) is 24.7 Å². The molecule has 3 N–H and O–H groups in total. The molecule has 19 heavy (non-hydrogen) atoms. The highest BCUT2D eigenvalue weighted by atomic mass is 35.5. The second-order valence-corrected chi connectivity index (χ2v) is 5.71. The number of rotatable bonds is 6. The van der Waals surface area contributed by atoms with Crippen molar-refractivity contribution in [3.05, 3.63) is 35.4 Å². The third-order valence-corrected chi connectivity index (χ3v) is 3.87. The van der Waals surface area contributed by atoms with Crippen molar-refractivity contribution < 1.29 is 4.79 Å². The number of hydrogen-bond acceptors (Lipinski definition) is 3. The predicted octanol–water partition coefficient (Wildman–Crippen LogP) is 2.44. The van der Waals surface area contributed by atoms with Crippen LogP contribution in [0.1, 0.15) is 28.8 Å². The lowest BCUT2D eigenvalue weighted by atomic mass is 10.1. The minimum atomic E-state index is -0.0261. The average molecular weight is 301 g/mol. The van der Waals surface area contributed by atoms with Gasteiger partial charge in [0.2, 0.25) is 0 Å². The molecule has 0 aliphatic heterocycles. The fourth-order valence-electron chi connectivity index (χ4n) is 1.92. The summed E-state index contributed by atoms with van der Waals surface area (Å²) in [6, 6.07) is 7.88. The zero-order valence-corrected chi connectivity index (χ0v) is 12.7. The van der Waals surface area contributed by atoms with Gasteiger partial charge in [0.1, 0.15) is 0 Å². The molecule has 0 saturated heterocycles. The first-order chi connectivity index (χ1) is 8.70. The van der Waals surface area contributed by atoms with E-state index in [1.54, 1.807) is 11.8 Å². The first-order valence-electron chi connectivity index (χ1n) is 6.32. The standard InChI is InChI=1S/C14H20N2OS.ClH/c1-18-9-10-2-4-12(5-3-10)14(17)16-8-13(15)11-6-7-11;/h2-5,11,13H,6-9,15H2,1H3,(H,16,17);1H. The zero-order valence-electron chi connectivity index (χ0n) is 11.1. The van der Waals surface area contributed by atoms with Crippen molar-refractivity contribution in [2.45, 2.75) is 24.6 Å². The molecule has 1 amide bonds. The van der Waals surface area contributed by atoms with Gasteiger partial charge in [0.15, 0.2) is 0 Å². The lowest BCUT2D eigenvalue weighted by Gasteiger charge is -2.11. The fraction of sp³-hybridized carbons (Fsp3) is 0.500. The van der Waals surface area contributed by atoms with E-state index < -0.39 is 0 Å². The molecule has 0 heterocycles. The first kappa shape index (κ1) is 16.3. The van der Waals surface area contributed by atoms with E-state index in [2.05, 4.69) is 11.6 Å². The molecule has 1 aromatic rings. The van der Waals surface area contributed by atoms with Crippen molar-refractivity contribution in [2.24, 2.45) is 11.7 Å². The van der Waals surface area contributed by atoms with Crippen LogP contribution in [0.4, 0.5) is 0 Å². The van der Waals surface area contributed by atoms with Crippen LogP contribution >= 0.6 is 24.2 Å². The first-order valence-corrected chi connectivity index (χ1v) is 7.71. The van der Waals surface area contributed by atoms with Crippen LogP contribution < -0.4 is 11.1 Å². The molecule has 2 rings (SSSR count). The molecule has 0 bridgehead atoms. The van der Waals surface area contributed by atoms with Crippen LogP contribution in [-0.2, 0) is 5.75 Å². The Labute approximate surface area is 125 Å². The van der Waals surface area contributed by atoms with E-state index in [4.69, 9.17) is 5.73 Å². The van der Waals surface area contributed by atoms with Gasteiger partial charge >= 0.3 is 0 Å². The lowest BCUT2D eigenvalue weighted by molar-refractivity contribution is 0.0950. The second kappa shape index (κ2) is 7.78. The van der Waals surface area contributed by atoms with Crippen LogP contribution in [0.5, 0.6) is 0 Å². The van der Waals surface area contributed by atoms with Crippen molar-refractivity contribution >= 4 is 30.1 Å². The maximum Gasteiger partial charge on any atom is 0.251 e. The Balaban J connectivity index is 0.00000180. The van der Waals surface area contributed by atoms with Crippen molar-refractivity contribution in [1.82, 2.24) is 5.32 Å². The number of amides is 1. The maximum absolute atomic E-state index is 11.9. The quantitative estimate of drug-likeness (QED) is 0.848. The van der Waals surface area contributed by atoms with Gasteiger partial charge in [0.05, 0.1) is 0 Å². The Morgan fingerprint density at radius 2 is 2.05 bits per heavy atom.